The molecule has 0 aromatic carbocycles. The van der Waals surface area contributed by atoms with Crippen LogP contribution in [-0.4, -0.2) is 45.8 Å². The largest absolute Gasteiger partial charge is 0.302 e. The molecule has 0 saturated carbocycles. The van der Waals surface area contributed by atoms with Gasteiger partial charge in [-0.2, -0.15) is 0 Å². The van der Waals surface area contributed by atoms with E-state index >= 15 is 0 Å². The highest BCUT2D eigenvalue weighted by Crippen LogP contribution is 1.98. The molecule has 5 heteroatoms. The molecule has 0 spiro atoms. The van der Waals surface area contributed by atoms with Crippen LogP contribution >= 0.6 is 0 Å². The minimum Gasteiger partial charge on any atom is -0.302 e. The first-order chi connectivity index (χ1) is 5.87. The summed E-state index contributed by atoms with van der Waals surface area (Å²) in [6.07, 6.45) is 2.26. The molecule has 0 amide bonds. The highest BCUT2D eigenvalue weighted by atomic mass is 32.2. The van der Waals surface area contributed by atoms with Crippen LogP contribution in [0.1, 0.15) is 20.3 Å². The van der Waals surface area contributed by atoms with E-state index in [1.54, 1.807) is 0 Å². The van der Waals surface area contributed by atoms with Gasteiger partial charge in [0.1, 0.15) is 0 Å². The summed E-state index contributed by atoms with van der Waals surface area (Å²) in [7, 11) is -1.03. The molecule has 0 aromatic heterocycles. The smallest absolute Gasteiger partial charge is 0.208 e. The Morgan fingerprint density at radius 3 is 2.38 bits per heavy atom. The summed E-state index contributed by atoms with van der Waals surface area (Å²) in [5.41, 5.74) is 0. The maximum Gasteiger partial charge on any atom is 0.208 e. The molecule has 0 heterocycles. The van der Waals surface area contributed by atoms with Crippen molar-refractivity contribution in [3.63, 3.8) is 0 Å². The molecule has 0 saturated heterocycles. The van der Waals surface area contributed by atoms with Crippen LogP contribution in [0.15, 0.2) is 0 Å². The van der Waals surface area contributed by atoms with Crippen molar-refractivity contribution < 1.29 is 8.42 Å². The molecule has 0 aliphatic carbocycles. The van der Waals surface area contributed by atoms with E-state index in [4.69, 9.17) is 0 Å². The van der Waals surface area contributed by atoms with Gasteiger partial charge in [-0.15, -0.1) is 0 Å². The minimum atomic E-state index is -3.03. The summed E-state index contributed by atoms with van der Waals surface area (Å²) in [5.74, 6) is 0. The van der Waals surface area contributed by atoms with E-state index in [1.165, 1.54) is 6.26 Å². The van der Waals surface area contributed by atoms with Gasteiger partial charge in [-0.3, -0.25) is 0 Å². The molecule has 0 rings (SSSR count). The summed E-state index contributed by atoms with van der Waals surface area (Å²) in [6, 6.07) is 0.501. The Bertz CT molecular complexity index is 226. The van der Waals surface area contributed by atoms with Crippen molar-refractivity contribution in [2.24, 2.45) is 0 Å². The van der Waals surface area contributed by atoms with Crippen LogP contribution < -0.4 is 4.72 Å². The van der Waals surface area contributed by atoms with Gasteiger partial charge in [0.2, 0.25) is 10.0 Å². The van der Waals surface area contributed by atoms with Crippen LogP contribution in [0.4, 0.5) is 0 Å². The molecule has 0 aromatic rings. The second-order valence-electron chi connectivity index (χ2n) is 3.40. The quantitative estimate of drug-likeness (QED) is 0.681. The SMILES string of the molecule is CC[C@H](C)N(C)CCNS(C)(=O)=O. The summed E-state index contributed by atoms with van der Waals surface area (Å²) in [5, 5.41) is 0. The summed E-state index contributed by atoms with van der Waals surface area (Å²) >= 11 is 0. The van der Waals surface area contributed by atoms with E-state index in [-0.39, 0.29) is 0 Å². The normalized spacial score (nSPS) is 14.8. The van der Waals surface area contributed by atoms with E-state index in [0.29, 0.717) is 12.6 Å². The third-order valence-corrected chi connectivity index (χ3v) is 2.90. The van der Waals surface area contributed by atoms with E-state index < -0.39 is 10.0 Å². The maximum atomic E-state index is 10.7. The van der Waals surface area contributed by atoms with E-state index in [2.05, 4.69) is 23.5 Å². The van der Waals surface area contributed by atoms with E-state index in [9.17, 15) is 8.42 Å². The Morgan fingerprint density at radius 1 is 1.46 bits per heavy atom. The van der Waals surface area contributed by atoms with Gasteiger partial charge in [-0.05, 0) is 20.4 Å². The first-order valence-electron chi connectivity index (χ1n) is 4.51. The van der Waals surface area contributed by atoms with Crippen molar-refractivity contribution in [2.45, 2.75) is 26.3 Å². The molecule has 0 aliphatic rings. The number of nitrogens with one attached hydrogen (secondary N) is 1. The molecule has 0 radical (unpaired) electrons. The highest BCUT2D eigenvalue weighted by molar-refractivity contribution is 7.88. The zero-order valence-electron chi connectivity index (χ0n) is 8.87. The van der Waals surface area contributed by atoms with Gasteiger partial charge >= 0.3 is 0 Å². The standard InChI is InChI=1S/C8H20N2O2S/c1-5-8(2)10(3)7-6-9-13(4,11)12/h8-9H,5-7H2,1-4H3/t8-/m0/s1. The van der Waals surface area contributed by atoms with Gasteiger partial charge in [0.05, 0.1) is 6.26 Å². The molecule has 0 fully saturated rings. The lowest BCUT2D eigenvalue weighted by Gasteiger charge is -2.23. The monoisotopic (exact) mass is 208 g/mol. The van der Waals surface area contributed by atoms with Crippen LogP contribution in [0.25, 0.3) is 0 Å². The molecule has 1 atom stereocenters. The predicted molar refractivity (Wildman–Crippen MR) is 55.2 cm³/mol. The summed E-state index contributed by atoms with van der Waals surface area (Å²) in [6.45, 7) is 5.48. The lowest BCUT2D eigenvalue weighted by atomic mass is 10.2. The van der Waals surface area contributed by atoms with Gasteiger partial charge in [-0.25, -0.2) is 13.1 Å². The average Bonchev–Trinajstić information content (AvgIpc) is 2.00. The van der Waals surface area contributed by atoms with Gasteiger partial charge in [0.15, 0.2) is 0 Å². The minimum absolute atomic E-state index is 0.486. The molecule has 80 valence electrons. The van der Waals surface area contributed by atoms with Crippen molar-refractivity contribution in [3.8, 4) is 0 Å². The second kappa shape index (κ2) is 5.57. The van der Waals surface area contributed by atoms with E-state index in [1.807, 2.05) is 7.05 Å². The molecule has 1 N–H and O–H groups in total. The average molecular weight is 208 g/mol. The maximum absolute atomic E-state index is 10.7. The number of hydrogen-bond acceptors (Lipinski definition) is 3. The van der Waals surface area contributed by atoms with Crippen molar-refractivity contribution >= 4 is 10.0 Å². The lowest BCUT2D eigenvalue weighted by molar-refractivity contribution is 0.256. The van der Waals surface area contributed by atoms with Crippen LogP contribution in [0.2, 0.25) is 0 Å². The van der Waals surface area contributed by atoms with Crippen molar-refractivity contribution in [1.82, 2.24) is 9.62 Å². The number of nitrogens with zero attached hydrogens (tertiary/aromatic N) is 1. The third-order valence-electron chi connectivity index (χ3n) is 2.17. The topological polar surface area (TPSA) is 49.4 Å². The lowest BCUT2D eigenvalue weighted by Crippen LogP contribution is -2.36. The van der Waals surface area contributed by atoms with Crippen LogP contribution in [0, 0.1) is 0 Å². The Balaban J connectivity index is 3.65. The van der Waals surface area contributed by atoms with Gasteiger partial charge in [-0.1, -0.05) is 6.92 Å². The molecular formula is C8H20N2O2S. The van der Waals surface area contributed by atoms with Crippen LogP contribution in [0.5, 0.6) is 0 Å². The predicted octanol–water partition coefficient (Wildman–Crippen LogP) is 0.266. The molecule has 4 nitrogen and oxygen atoms in total. The highest BCUT2D eigenvalue weighted by Gasteiger charge is 2.06. The molecule has 0 aliphatic heterocycles. The molecule has 0 bridgehead atoms. The van der Waals surface area contributed by atoms with Crippen LogP contribution in [-0.2, 0) is 10.0 Å². The molecular weight excluding hydrogens is 188 g/mol. The fraction of sp³-hybridized carbons (Fsp3) is 1.00. The second-order valence-corrected chi connectivity index (χ2v) is 5.24. The number of hydrogen-bond donors (Lipinski definition) is 1. The Morgan fingerprint density at radius 2 is 2.00 bits per heavy atom. The molecule has 0 unspecified atom stereocenters. The summed E-state index contributed by atoms with van der Waals surface area (Å²) in [4.78, 5) is 2.14. The van der Waals surface area contributed by atoms with Gasteiger partial charge in [0, 0.05) is 19.1 Å². The van der Waals surface area contributed by atoms with Gasteiger partial charge < -0.3 is 4.90 Å². The zero-order valence-corrected chi connectivity index (χ0v) is 9.69. The van der Waals surface area contributed by atoms with Gasteiger partial charge in [0.25, 0.3) is 0 Å². The first kappa shape index (κ1) is 12.9. The fourth-order valence-corrected chi connectivity index (χ4v) is 1.40. The number of rotatable bonds is 6. The van der Waals surface area contributed by atoms with Crippen molar-refractivity contribution in [3.05, 3.63) is 0 Å². The summed E-state index contributed by atoms with van der Waals surface area (Å²) < 4.78 is 23.9. The van der Waals surface area contributed by atoms with Crippen LogP contribution in [0.3, 0.4) is 0 Å². The number of likely N-dealkylation sites (N-methyl/N-ethyl adjacent to an activating group) is 1. The Kier molecular flexibility index (Phi) is 5.51. The fourth-order valence-electron chi connectivity index (χ4n) is 0.939. The zero-order chi connectivity index (χ0) is 10.5. The Labute approximate surface area is 81.4 Å². The third kappa shape index (κ3) is 6.98. The molecule has 13 heavy (non-hydrogen) atoms. The first-order valence-corrected chi connectivity index (χ1v) is 6.41. The van der Waals surface area contributed by atoms with Crippen molar-refractivity contribution in [2.75, 3.05) is 26.4 Å². The Hall–Kier alpha value is -0.130. The number of sulfonamides is 1. The van der Waals surface area contributed by atoms with E-state index in [0.717, 1.165) is 13.0 Å². The van der Waals surface area contributed by atoms with Crippen molar-refractivity contribution in [1.29, 1.82) is 0 Å².